The molecule has 1 aliphatic heterocycles. The van der Waals surface area contributed by atoms with Crippen LogP contribution in [-0.2, 0) is 10.0 Å². The van der Waals surface area contributed by atoms with Crippen molar-refractivity contribution in [2.75, 3.05) is 25.2 Å². The molecule has 1 N–H and O–H groups in total. The van der Waals surface area contributed by atoms with Gasteiger partial charge in [-0.1, -0.05) is 25.2 Å². The van der Waals surface area contributed by atoms with E-state index in [0.717, 1.165) is 12.8 Å². The second kappa shape index (κ2) is 8.81. The average Bonchev–Trinajstić information content (AvgIpc) is 3.38. The normalized spacial score (nSPS) is 13.1. The van der Waals surface area contributed by atoms with Gasteiger partial charge in [-0.15, -0.1) is 0 Å². The van der Waals surface area contributed by atoms with Crippen LogP contribution >= 0.6 is 11.3 Å². The lowest BCUT2D eigenvalue weighted by Gasteiger charge is -2.20. The van der Waals surface area contributed by atoms with Crippen LogP contribution in [0.15, 0.2) is 41.3 Å². The van der Waals surface area contributed by atoms with Crippen LogP contribution in [0, 0.1) is 0 Å². The number of hydrogen-bond acceptors (Lipinski definition) is 7. The highest BCUT2D eigenvalue weighted by atomic mass is 32.2. The number of carbonyl (C=O) groups is 1. The van der Waals surface area contributed by atoms with Crippen molar-refractivity contribution in [1.82, 2.24) is 9.29 Å². The molecule has 0 spiro atoms. The van der Waals surface area contributed by atoms with Crippen molar-refractivity contribution in [3.63, 3.8) is 0 Å². The number of sulfonamides is 1. The summed E-state index contributed by atoms with van der Waals surface area (Å²) in [5.74, 6) is 0.795. The molecule has 0 saturated heterocycles. The molecule has 0 saturated carbocycles. The number of hydrogen-bond donors (Lipinski definition) is 1. The van der Waals surface area contributed by atoms with Crippen molar-refractivity contribution in [2.45, 2.75) is 31.6 Å². The molecule has 164 valence electrons. The lowest BCUT2D eigenvalue weighted by atomic mass is 10.2. The van der Waals surface area contributed by atoms with E-state index in [4.69, 9.17) is 9.47 Å². The fourth-order valence-corrected chi connectivity index (χ4v) is 5.95. The molecular formula is C21H23N3O5S2. The summed E-state index contributed by atoms with van der Waals surface area (Å²) in [5.41, 5.74) is 1.05. The summed E-state index contributed by atoms with van der Waals surface area (Å²) < 4.78 is 38.8. The number of amides is 1. The first-order valence-electron chi connectivity index (χ1n) is 10.0. The molecule has 0 radical (unpaired) electrons. The minimum absolute atomic E-state index is 0.136. The average molecular weight is 462 g/mol. The summed E-state index contributed by atoms with van der Waals surface area (Å²) in [6.45, 7) is 5.01. The van der Waals surface area contributed by atoms with Crippen LogP contribution in [0.3, 0.4) is 0 Å². The lowest BCUT2D eigenvalue weighted by Crippen LogP contribution is -2.32. The van der Waals surface area contributed by atoms with E-state index in [-0.39, 0.29) is 17.6 Å². The second-order valence-electron chi connectivity index (χ2n) is 7.07. The van der Waals surface area contributed by atoms with E-state index in [9.17, 15) is 13.2 Å². The molecule has 3 aromatic rings. The smallest absolute Gasteiger partial charge is 0.257 e. The molecule has 10 heteroatoms. The number of thiazole rings is 1. The van der Waals surface area contributed by atoms with Crippen molar-refractivity contribution in [3.05, 3.63) is 42.0 Å². The van der Waals surface area contributed by atoms with Crippen LogP contribution in [-0.4, -0.2) is 43.5 Å². The molecule has 1 amide bonds. The number of fused-ring (bicyclic) bond motifs is 2. The maximum absolute atomic E-state index is 13.0. The van der Waals surface area contributed by atoms with E-state index in [0.29, 0.717) is 45.5 Å². The van der Waals surface area contributed by atoms with Crippen molar-refractivity contribution in [2.24, 2.45) is 0 Å². The molecule has 0 atom stereocenters. The molecule has 8 nitrogen and oxygen atoms in total. The quantitative estimate of drug-likeness (QED) is 0.543. The van der Waals surface area contributed by atoms with Gasteiger partial charge >= 0.3 is 0 Å². The molecule has 0 aliphatic carbocycles. The standard InChI is InChI=1S/C21H23N3O5S2/c1-3-9-24(10-4-2)31(26,27)15-6-7-16-19(12-15)30-21(22-16)23-20(25)14-5-8-17-18(11-14)29-13-28-17/h5-8,11-12H,3-4,9-10,13H2,1-2H3,(H,22,23,25). The van der Waals surface area contributed by atoms with Gasteiger partial charge in [0.1, 0.15) is 0 Å². The van der Waals surface area contributed by atoms with Gasteiger partial charge in [0.25, 0.3) is 5.91 Å². The molecule has 31 heavy (non-hydrogen) atoms. The highest BCUT2D eigenvalue weighted by molar-refractivity contribution is 7.89. The Morgan fingerprint density at radius 1 is 1.10 bits per heavy atom. The van der Waals surface area contributed by atoms with E-state index in [1.54, 1.807) is 36.4 Å². The van der Waals surface area contributed by atoms with Crippen LogP contribution in [0.1, 0.15) is 37.0 Å². The Labute approximate surface area is 184 Å². The summed E-state index contributed by atoms with van der Waals surface area (Å²) >= 11 is 1.23. The van der Waals surface area contributed by atoms with E-state index in [2.05, 4.69) is 10.3 Å². The van der Waals surface area contributed by atoms with Crippen LogP contribution in [0.2, 0.25) is 0 Å². The minimum atomic E-state index is -3.58. The van der Waals surface area contributed by atoms with E-state index >= 15 is 0 Å². The van der Waals surface area contributed by atoms with Gasteiger partial charge in [-0.05, 0) is 49.2 Å². The van der Waals surface area contributed by atoms with Crippen molar-refractivity contribution >= 4 is 42.6 Å². The zero-order valence-corrected chi connectivity index (χ0v) is 18.9. The summed E-state index contributed by atoms with van der Waals surface area (Å²) in [6, 6.07) is 9.81. The van der Waals surface area contributed by atoms with Crippen LogP contribution < -0.4 is 14.8 Å². The number of ether oxygens (including phenoxy) is 2. The molecule has 4 rings (SSSR count). The van der Waals surface area contributed by atoms with Gasteiger partial charge < -0.3 is 9.47 Å². The fourth-order valence-electron chi connectivity index (χ4n) is 3.33. The summed E-state index contributed by atoms with van der Waals surface area (Å²) in [6.07, 6.45) is 1.50. The van der Waals surface area contributed by atoms with Gasteiger partial charge in [-0.3, -0.25) is 10.1 Å². The highest BCUT2D eigenvalue weighted by Crippen LogP contribution is 2.33. The molecule has 0 fully saturated rings. The number of carbonyl (C=O) groups excluding carboxylic acids is 1. The van der Waals surface area contributed by atoms with Gasteiger partial charge in [0.15, 0.2) is 16.6 Å². The van der Waals surface area contributed by atoms with E-state index in [1.165, 1.54) is 15.6 Å². The van der Waals surface area contributed by atoms with Gasteiger partial charge in [-0.2, -0.15) is 4.31 Å². The third-order valence-electron chi connectivity index (χ3n) is 4.80. The fraction of sp³-hybridized carbons (Fsp3) is 0.333. The van der Waals surface area contributed by atoms with Crippen LogP contribution in [0.25, 0.3) is 10.2 Å². The van der Waals surface area contributed by atoms with E-state index < -0.39 is 10.0 Å². The topological polar surface area (TPSA) is 97.8 Å². The first kappa shape index (κ1) is 21.5. The second-order valence-corrected chi connectivity index (χ2v) is 10.0. The van der Waals surface area contributed by atoms with Gasteiger partial charge in [0, 0.05) is 18.7 Å². The molecule has 2 heterocycles. The SMILES string of the molecule is CCCN(CCC)S(=O)(=O)c1ccc2nc(NC(=O)c3ccc4c(c3)OCO4)sc2c1. The molecule has 0 unspecified atom stereocenters. The molecular weight excluding hydrogens is 438 g/mol. The molecule has 1 aromatic heterocycles. The Bertz CT molecular complexity index is 1220. The number of nitrogens with one attached hydrogen (secondary N) is 1. The highest BCUT2D eigenvalue weighted by Gasteiger charge is 2.24. The Balaban J connectivity index is 1.57. The lowest BCUT2D eigenvalue weighted by molar-refractivity contribution is 0.102. The van der Waals surface area contributed by atoms with Crippen molar-refractivity contribution in [1.29, 1.82) is 0 Å². The predicted molar refractivity (Wildman–Crippen MR) is 119 cm³/mol. The largest absolute Gasteiger partial charge is 0.454 e. The maximum atomic E-state index is 13.0. The molecule has 0 bridgehead atoms. The number of aromatic nitrogens is 1. The number of anilines is 1. The van der Waals surface area contributed by atoms with E-state index in [1.807, 2.05) is 13.8 Å². The van der Waals surface area contributed by atoms with Crippen molar-refractivity contribution < 1.29 is 22.7 Å². The first-order chi connectivity index (χ1) is 14.9. The zero-order chi connectivity index (χ0) is 22.0. The third kappa shape index (κ3) is 4.36. The third-order valence-corrected chi connectivity index (χ3v) is 7.63. The Kier molecular flexibility index (Phi) is 6.12. The first-order valence-corrected chi connectivity index (χ1v) is 12.3. The van der Waals surface area contributed by atoms with Gasteiger partial charge in [0.05, 0.1) is 15.1 Å². The zero-order valence-electron chi connectivity index (χ0n) is 17.3. The summed E-state index contributed by atoms with van der Waals surface area (Å²) in [4.78, 5) is 17.3. The monoisotopic (exact) mass is 461 g/mol. The summed E-state index contributed by atoms with van der Waals surface area (Å²) in [5, 5.41) is 3.17. The Morgan fingerprint density at radius 2 is 1.84 bits per heavy atom. The molecule has 2 aromatic carbocycles. The minimum Gasteiger partial charge on any atom is -0.454 e. The number of rotatable bonds is 8. The molecule has 1 aliphatic rings. The van der Waals surface area contributed by atoms with Crippen LogP contribution in [0.4, 0.5) is 5.13 Å². The maximum Gasteiger partial charge on any atom is 0.257 e. The van der Waals surface area contributed by atoms with Crippen molar-refractivity contribution in [3.8, 4) is 11.5 Å². The van der Waals surface area contributed by atoms with Gasteiger partial charge in [-0.25, -0.2) is 13.4 Å². The summed E-state index contributed by atoms with van der Waals surface area (Å²) in [7, 11) is -3.58. The van der Waals surface area contributed by atoms with Gasteiger partial charge in [0.2, 0.25) is 16.8 Å². The number of nitrogens with zero attached hydrogens (tertiary/aromatic N) is 2. The number of benzene rings is 2. The Hall–Kier alpha value is -2.69. The Morgan fingerprint density at radius 3 is 2.58 bits per heavy atom. The van der Waals surface area contributed by atoms with Crippen LogP contribution in [0.5, 0.6) is 11.5 Å². The predicted octanol–water partition coefficient (Wildman–Crippen LogP) is 4.09.